The van der Waals surface area contributed by atoms with E-state index in [0.29, 0.717) is 30.3 Å². The second-order valence-corrected chi connectivity index (χ2v) is 8.85. The van der Waals surface area contributed by atoms with E-state index in [0.717, 1.165) is 23.5 Å². The van der Waals surface area contributed by atoms with Crippen LogP contribution < -0.4 is 0 Å². The summed E-state index contributed by atoms with van der Waals surface area (Å²) in [6.07, 6.45) is 7.93. The fourth-order valence-corrected chi connectivity index (χ4v) is 5.37. The second kappa shape index (κ2) is 6.11. The monoisotopic (exact) mass is 351 g/mol. The first-order chi connectivity index (χ1) is 12.7. The zero-order valence-corrected chi connectivity index (χ0v) is 15.9. The Morgan fingerprint density at radius 3 is 2.85 bits per heavy atom. The van der Waals surface area contributed by atoms with Crippen LogP contribution in [0.1, 0.15) is 81.9 Å². The predicted molar refractivity (Wildman–Crippen MR) is 103 cm³/mol. The van der Waals surface area contributed by atoms with Crippen LogP contribution in [-0.2, 0) is 4.79 Å². The quantitative estimate of drug-likeness (QED) is 0.847. The van der Waals surface area contributed by atoms with Gasteiger partial charge in [0, 0.05) is 35.5 Å². The summed E-state index contributed by atoms with van der Waals surface area (Å²) in [5.41, 5.74) is 3.64. The average Bonchev–Trinajstić information content (AvgIpc) is 3.38. The molecule has 1 N–H and O–H groups in total. The highest BCUT2D eigenvalue weighted by molar-refractivity contribution is 5.87. The summed E-state index contributed by atoms with van der Waals surface area (Å²) in [6.45, 7) is 4.41. The van der Waals surface area contributed by atoms with Gasteiger partial charge in [-0.2, -0.15) is 5.10 Å². The molecule has 6 rings (SSSR count). The number of hydrogen-bond acceptors (Lipinski definition) is 2. The molecule has 4 fully saturated rings. The number of amides is 1. The van der Waals surface area contributed by atoms with Crippen LogP contribution in [-0.4, -0.2) is 33.1 Å². The molecular formula is C22H29N3O. The highest BCUT2D eigenvalue weighted by atomic mass is 16.2. The molecule has 1 amide bonds. The zero-order chi connectivity index (χ0) is 17.8. The molecule has 2 saturated carbocycles. The maximum absolute atomic E-state index is 13.2. The third kappa shape index (κ3) is 2.57. The van der Waals surface area contributed by atoms with Gasteiger partial charge in [0.05, 0.1) is 5.52 Å². The summed E-state index contributed by atoms with van der Waals surface area (Å²) >= 11 is 0. The summed E-state index contributed by atoms with van der Waals surface area (Å²) in [7, 11) is 0. The number of hydrogen-bond donors (Lipinski definition) is 1. The molecule has 0 radical (unpaired) electrons. The largest absolute Gasteiger partial charge is 0.337 e. The van der Waals surface area contributed by atoms with Crippen molar-refractivity contribution in [1.29, 1.82) is 0 Å². The number of benzene rings is 1. The van der Waals surface area contributed by atoms with E-state index in [1.54, 1.807) is 0 Å². The Hall–Kier alpha value is -1.84. The molecular weight excluding hydrogens is 322 g/mol. The van der Waals surface area contributed by atoms with Gasteiger partial charge in [-0.1, -0.05) is 26.0 Å². The molecule has 2 unspecified atom stereocenters. The average molecular weight is 351 g/mol. The normalized spacial score (nSPS) is 28.8. The molecule has 2 aliphatic heterocycles. The first-order valence-electron chi connectivity index (χ1n) is 10.4. The molecule has 138 valence electrons. The number of aromatic amines is 1. The Labute approximate surface area is 155 Å². The standard InChI is InChI=1S/C22H29N3O/c1-3-16-10-14-11-17(12-14)25(16)20(26)9-13(2)22-21-18(15-7-8-15)5-4-6-19(21)23-24-22/h4-6,13-17H,3,7-12H2,1-2H3,(H,23,24). The van der Waals surface area contributed by atoms with Crippen molar-refractivity contribution in [1.82, 2.24) is 15.1 Å². The number of rotatable bonds is 5. The van der Waals surface area contributed by atoms with Gasteiger partial charge in [-0.3, -0.25) is 9.89 Å². The summed E-state index contributed by atoms with van der Waals surface area (Å²) in [5, 5.41) is 9.09. The smallest absolute Gasteiger partial charge is 0.223 e. The van der Waals surface area contributed by atoms with E-state index >= 15 is 0 Å². The molecule has 2 aromatic rings. The molecule has 3 heterocycles. The fourth-order valence-electron chi connectivity index (χ4n) is 5.37. The van der Waals surface area contributed by atoms with Gasteiger partial charge in [-0.25, -0.2) is 0 Å². The van der Waals surface area contributed by atoms with E-state index < -0.39 is 0 Å². The summed E-state index contributed by atoms with van der Waals surface area (Å²) in [4.78, 5) is 15.4. The molecule has 1 aromatic heterocycles. The minimum atomic E-state index is 0.183. The molecule has 4 heteroatoms. The number of carbonyl (C=O) groups excluding carboxylic acids is 1. The Bertz CT molecular complexity index is 831. The van der Waals surface area contributed by atoms with Crippen LogP contribution in [0.5, 0.6) is 0 Å². The van der Waals surface area contributed by atoms with E-state index in [1.165, 1.54) is 43.1 Å². The van der Waals surface area contributed by atoms with Crippen LogP contribution in [0.4, 0.5) is 0 Å². The van der Waals surface area contributed by atoms with Crippen molar-refractivity contribution < 1.29 is 4.79 Å². The number of H-pyrrole nitrogens is 1. The van der Waals surface area contributed by atoms with Crippen molar-refractivity contribution >= 4 is 16.8 Å². The van der Waals surface area contributed by atoms with E-state index in [2.05, 4.69) is 47.1 Å². The van der Waals surface area contributed by atoms with E-state index in [9.17, 15) is 4.79 Å². The zero-order valence-electron chi connectivity index (χ0n) is 15.9. The molecule has 2 bridgehead atoms. The molecule has 2 saturated heterocycles. The molecule has 4 nitrogen and oxygen atoms in total. The first-order valence-corrected chi connectivity index (χ1v) is 10.4. The van der Waals surface area contributed by atoms with Crippen molar-refractivity contribution in [2.45, 2.75) is 82.7 Å². The Kier molecular flexibility index (Phi) is 3.84. The van der Waals surface area contributed by atoms with Crippen molar-refractivity contribution in [2.24, 2.45) is 5.92 Å². The summed E-state index contributed by atoms with van der Waals surface area (Å²) in [6, 6.07) is 7.43. The first kappa shape index (κ1) is 16.3. The fraction of sp³-hybridized carbons (Fsp3) is 0.636. The van der Waals surface area contributed by atoms with Gasteiger partial charge in [0.1, 0.15) is 0 Å². The number of fused-ring (bicyclic) bond motifs is 3. The number of aromatic nitrogens is 2. The lowest BCUT2D eigenvalue weighted by Crippen LogP contribution is -2.58. The van der Waals surface area contributed by atoms with Crippen LogP contribution in [0.2, 0.25) is 0 Å². The molecule has 2 atom stereocenters. The SMILES string of the molecule is CCC1CC2CC(C2)N1C(=O)CC(C)c1[nH]nc2cccc(C3CC3)c12. The highest BCUT2D eigenvalue weighted by Crippen LogP contribution is 2.46. The van der Waals surface area contributed by atoms with Gasteiger partial charge in [-0.05, 0) is 62.0 Å². The molecule has 2 aliphatic carbocycles. The molecule has 4 aliphatic rings. The number of piperidine rings is 2. The van der Waals surface area contributed by atoms with Gasteiger partial charge in [0.2, 0.25) is 5.91 Å². The van der Waals surface area contributed by atoms with Gasteiger partial charge >= 0.3 is 0 Å². The van der Waals surface area contributed by atoms with Crippen molar-refractivity contribution in [3.63, 3.8) is 0 Å². The van der Waals surface area contributed by atoms with Gasteiger partial charge in [0.25, 0.3) is 0 Å². The number of nitrogens with zero attached hydrogens (tertiary/aromatic N) is 2. The maximum atomic E-state index is 13.2. The van der Waals surface area contributed by atoms with Crippen molar-refractivity contribution in [2.75, 3.05) is 0 Å². The Morgan fingerprint density at radius 2 is 2.12 bits per heavy atom. The summed E-state index contributed by atoms with van der Waals surface area (Å²) < 4.78 is 0. The van der Waals surface area contributed by atoms with Crippen LogP contribution >= 0.6 is 0 Å². The molecule has 1 aromatic carbocycles. The third-order valence-electron chi connectivity index (χ3n) is 6.99. The molecule has 0 spiro atoms. The maximum Gasteiger partial charge on any atom is 0.223 e. The summed E-state index contributed by atoms with van der Waals surface area (Å²) in [5.74, 6) is 2.10. The highest BCUT2D eigenvalue weighted by Gasteiger charge is 2.45. The number of nitrogens with one attached hydrogen (secondary N) is 1. The van der Waals surface area contributed by atoms with Crippen molar-refractivity contribution in [3.05, 3.63) is 29.5 Å². The van der Waals surface area contributed by atoms with E-state index in [4.69, 9.17) is 0 Å². The lowest BCUT2D eigenvalue weighted by Gasteiger charge is -2.54. The van der Waals surface area contributed by atoms with Crippen LogP contribution in [0, 0.1) is 5.92 Å². The van der Waals surface area contributed by atoms with E-state index in [-0.39, 0.29) is 5.92 Å². The number of carbonyl (C=O) groups is 1. The van der Waals surface area contributed by atoms with Gasteiger partial charge < -0.3 is 4.90 Å². The van der Waals surface area contributed by atoms with Gasteiger partial charge in [-0.15, -0.1) is 0 Å². The Morgan fingerprint density at radius 1 is 1.31 bits per heavy atom. The van der Waals surface area contributed by atoms with Crippen LogP contribution in [0.25, 0.3) is 10.9 Å². The Balaban J connectivity index is 1.39. The third-order valence-corrected chi connectivity index (χ3v) is 6.99. The van der Waals surface area contributed by atoms with E-state index in [1.807, 2.05) is 0 Å². The molecule has 26 heavy (non-hydrogen) atoms. The van der Waals surface area contributed by atoms with Gasteiger partial charge in [0.15, 0.2) is 0 Å². The lowest BCUT2D eigenvalue weighted by molar-refractivity contribution is -0.147. The van der Waals surface area contributed by atoms with Crippen LogP contribution in [0.3, 0.4) is 0 Å². The minimum absolute atomic E-state index is 0.183. The van der Waals surface area contributed by atoms with Crippen LogP contribution in [0.15, 0.2) is 18.2 Å². The topological polar surface area (TPSA) is 49.0 Å². The van der Waals surface area contributed by atoms with Crippen molar-refractivity contribution in [3.8, 4) is 0 Å². The minimum Gasteiger partial charge on any atom is -0.337 e. The lowest BCUT2D eigenvalue weighted by atomic mass is 9.70. The second-order valence-electron chi connectivity index (χ2n) is 8.85. The predicted octanol–water partition coefficient (Wildman–Crippen LogP) is 4.72.